The minimum absolute atomic E-state index is 0.268. The van der Waals surface area contributed by atoms with Gasteiger partial charge in [0.15, 0.2) is 0 Å². The van der Waals surface area contributed by atoms with Crippen LogP contribution >= 0.6 is 23.2 Å². The molecule has 1 aliphatic heterocycles. The van der Waals surface area contributed by atoms with Gasteiger partial charge < -0.3 is 4.42 Å². The van der Waals surface area contributed by atoms with E-state index in [4.69, 9.17) is 27.6 Å². The van der Waals surface area contributed by atoms with E-state index in [9.17, 15) is 9.59 Å². The second-order valence-electron chi connectivity index (χ2n) is 4.80. The Balaban J connectivity index is 1.75. The van der Waals surface area contributed by atoms with Crippen LogP contribution in [0.3, 0.4) is 0 Å². The van der Waals surface area contributed by atoms with Crippen molar-refractivity contribution < 1.29 is 14.0 Å². The first-order valence-corrected chi connectivity index (χ1v) is 7.59. The van der Waals surface area contributed by atoms with Crippen LogP contribution in [0.15, 0.2) is 52.7 Å². The van der Waals surface area contributed by atoms with Crippen molar-refractivity contribution in [2.75, 3.05) is 0 Å². The molecule has 1 aromatic heterocycles. The summed E-state index contributed by atoms with van der Waals surface area (Å²) in [7, 11) is 0. The summed E-state index contributed by atoms with van der Waals surface area (Å²) in [4.78, 5) is 22.3. The molecule has 24 heavy (non-hydrogen) atoms. The minimum Gasteiger partial charge on any atom is -0.457 e. The molecular formula is C16H11Cl2N3O3. The summed E-state index contributed by atoms with van der Waals surface area (Å²) in [5.41, 5.74) is 0.694. The van der Waals surface area contributed by atoms with E-state index in [1.54, 1.807) is 42.5 Å². The molecule has 0 radical (unpaired) electrons. The maximum atomic E-state index is 11.1. The summed E-state index contributed by atoms with van der Waals surface area (Å²) in [5.74, 6) is 1.42. The van der Waals surface area contributed by atoms with Gasteiger partial charge in [0.25, 0.3) is 0 Å². The number of rotatable bonds is 3. The zero-order valence-electron chi connectivity index (χ0n) is 12.1. The fraction of sp³-hybridized carbons (Fsp3) is 0. The van der Waals surface area contributed by atoms with E-state index >= 15 is 0 Å². The minimum atomic E-state index is -0.589. The Kier molecular flexibility index (Phi) is 4.59. The number of nitrogens with one attached hydrogen (secondary N) is 3. The first kappa shape index (κ1) is 16.2. The SMILES string of the molecule is O=C1NC(=O)NC(=CC=Cc2ccc(-c3cc(Cl)ccc3Cl)o2)N1. The molecule has 2 aromatic rings. The van der Waals surface area contributed by atoms with Crippen molar-refractivity contribution in [2.24, 2.45) is 0 Å². The first-order chi connectivity index (χ1) is 11.5. The molecule has 1 saturated heterocycles. The van der Waals surface area contributed by atoms with Crippen LogP contribution in [-0.2, 0) is 0 Å². The first-order valence-electron chi connectivity index (χ1n) is 6.84. The zero-order chi connectivity index (χ0) is 17.1. The standard InChI is InChI=1S/C16H11Cl2N3O3/c17-9-4-6-12(18)11(8-9)13-7-5-10(24-13)2-1-3-14-19-15(22)21-16(23)20-14/h1-8H,(H3,19,20,21,22,23). The van der Waals surface area contributed by atoms with Gasteiger partial charge in [0.1, 0.15) is 17.3 Å². The monoisotopic (exact) mass is 363 g/mol. The predicted molar refractivity (Wildman–Crippen MR) is 91.5 cm³/mol. The van der Waals surface area contributed by atoms with Crippen LogP contribution < -0.4 is 16.0 Å². The number of allylic oxidation sites excluding steroid dienone is 2. The fourth-order valence-electron chi connectivity index (χ4n) is 2.04. The number of hydrogen-bond acceptors (Lipinski definition) is 3. The van der Waals surface area contributed by atoms with Crippen molar-refractivity contribution in [3.8, 4) is 11.3 Å². The van der Waals surface area contributed by atoms with Crippen LogP contribution in [0.2, 0.25) is 10.0 Å². The number of halogens is 2. The van der Waals surface area contributed by atoms with Crippen molar-refractivity contribution in [1.29, 1.82) is 0 Å². The van der Waals surface area contributed by atoms with Gasteiger partial charge in [-0.05, 0) is 42.5 Å². The van der Waals surface area contributed by atoms with Crippen molar-refractivity contribution in [3.05, 3.63) is 64.1 Å². The van der Waals surface area contributed by atoms with Crippen molar-refractivity contribution in [3.63, 3.8) is 0 Å². The molecule has 3 rings (SSSR count). The van der Waals surface area contributed by atoms with E-state index in [2.05, 4.69) is 10.6 Å². The third-order valence-electron chi connectivity index (χ3n) is 3.07. The van der Waals surface area contributed by atoms with E-state index in [0.717, 1.165) is 0 Å². The zero-order valence-corrected chi connectivity index (χ0v) is 13.6. The highest BCUT2D eigenvalue weighted by Crippen LogP contribution is 2.32. The molecule has 3 N–H and O–H groups in total. The van der Waals surface area contributed by atoms with E-state index in [1.165, 1.54) is 6.08 Å². The van der Waals surface area contributed by atoms with E-state index in [-0.39, 0.29) is 5.82 Å². The van der Waals surface area contributed by atoms with Crippen LogP contribution in [0.5, 0.6) is 0 Å². The maximum absolute atomic E-state index is 11.1. The van der Waals surface area contributed by atoms with Crippen LogP contribution in [0, 0.1) is 0 Å². The second kappa shape index (κ2) is 6.82. The van der Waals surface area contributed by atoms with Gasteiger partial charge in [-0.2, -0.15) is 0 Å². The van der Waals surface area contributed by atoms with E-state index in [1.807, 2.05) is 5.32 Å². The third kappa shape index (κ3) is 3.79. The molecule has 0 spiro atoms. The molecule has 2 heterocycles. The van der Waals surface area contributed by atoms with Crippen LogP contribution in [-0.4, -0.2) is 12.1 Å². The van der Waals surface area contributed by atoms with Crippen molar-refractivity contribution >= 4 is 41.3 Å². The fourth-order valence-corrected chi connectivity index (χ4v) is 2.42. The highest BCUT2D eigenvalue weighted by atomic mass is 35.5. The molecule has 1 fully saturated rings. The number of imide groups is 1. The molecule has 122 valence electrons. The Hall–Kier alpha value is -2.70. The lowest BCUT2D eigenvalue weighted by Gasteiger charge is -2.16. The molecule has 0 saturated carbocycles. The smallest absolute Gasteiger partial charge is 0.328 e. The summed E-state index contributed by atoms with van der Waals surface area (Å²) in [6.07, 6.45) is 4.84. The number of urea groups is 2. The molecule has 4 amide bonds. The van der Waals surface area contributed by atoms with Gasteiger partial charge in [-0.1, -0.05) is 29.3 Å². The second-order valence-corrected chi connectivity index (χ2v) is 5.64. The normalized spacial score (nSPS) is 14.3. The molecule has 0 unspecified atom stereocenters. The van der Waals surface area contributed by atoms with Gasteiger partial charge in [0.05, 0.1) is 5.02 Å². The van der Waals surface area contributed by atoms with Gasteiger partial charge in [-0.25, -0.2) is 9.59 Å². The lowest BCUT2D eigenvalue weighted by Crippen LogP contribution is -2.53. The quantitative estimate of drug-likeness (QED) is 0.766. The number of carbonyl (C=O) groups is 2. The molecule has 6 nitrogen and oxygen atoms in total. The predicted octanol–water partition coefficient (Wildman–Crippen LogP) is 4.13. The highest BCUT2D eigenvalue weighted by Gasteiger charge is 2.16. The highest BCUT2D eigenvalue weighted by molar-refractivity contribution is 6.35. The van der Waals surface area contributed by atoms with Crippen LogP contribution in [0.25, 0.3) is 17.4 Å². The molecule has 0 aliphatic carbocycles. The number of furan rings is 1. The largest absolute Gasteiger partial charge is 0.457 e. The Morgan fingerprint density at radius 2 is 1.71 bits per heavy atom. The number of amides is 4. The van der Waals surface area contributed by atoms with Gasteiger partial charge in [0, 0.05) is 10.6 Å². The Morgan fingerprint density at radius 3 is 2.46 bits per heavy atom. The molecule has 8 heteroatoms. The Labute approximate surface area is 147 Å². The summed E-state index contributed by atoms with van der Waals surface area (Å²) < 4.78 is 5.69. The summed E-state index contributed by atoms with van der Waals surface area (Å²) in [6, 6.07) is 7.48. The summed E-state index contributed by atoms with van der Waals surface area (Å²) in [6.45, 7) is 0. The molecule has 0 bridgehead atoms. The topological polar surface area (TPSA) is 83.4 Å². The lowest BCUT2D eigenvalue weighted by atomic mass is 10.2. The Morgan fingerprint density at radius 1 is 0.958 bits per heavy atom. The average molecular weight is 364 g/mol. The summed E-state index contributed by atoms with van der Waals surface area (Å²) in [5, 5.41) is 8.02. The average Bonchev–Trinajstić information content (AvgIpc) is 2.97. The van der Waals surface area contributed by atoms with E-state index < -0.39 is 12.1 Å². The molecule has 1 aromatic carbocycles. The maximum Gasteiger partial charge on any atom is 0.328 e. The van der Waals surface area contributed by atoms with Gasteiger partial charge in [0.2, 0.25) is 0 Å². The van der Waals surface area contributed by atoms with Crippen molar-refractivity contribution in [1.82, 2.24) is 16.0 Å². The number of carbonyl (C=O) groups excluding carboxylic acids is 2. The van der Waals surface area contributed by atoms with Gasteiger partial charge >= 0.3 is 12.1 Å². The molecule has 0 atom stereocenters. The Bertz CT molecular complexity index is 853. The van der Waals surface area contributed by atoms with Crippen molar-refractivity contribution in [2.45, 2.75) is 0 Å². The number of hydrogen-bond donors (Lipinski definition) is 3. The number of benzene rings is 1. The van der Waals surface area contributed by atoms with Gasteiger partial charge in [-0.3, -0.25) is 16.0 Å². The lowest BCUT2D eigenvalue weighted by molar-refractivity contribution is 0.224. The molecule has 1 aliphatic rings. The summed E-state index contributed by atoms with van der Waals surface area (Å²) >= 11 is 12.1. The molecular weight excluding hydrogens is 353 g/mol. The third-order valence-corrected chi connectivity index (χ3v) is 3.63. The van der Waals surface area contributed by atoms with Gasteiger partial charge in [-0.15, -0.1) is 0 Å². The van der Waals surface area contributed by atoms with Crippen LogP contribution in [0.4, 0.5) is 9.59 Å². The van der Waals surface area contributed by atoms with E-state index in [0.29, 0.717) is 27.1 Å². The van der Waals surface area contributed by atoms with Crippen LogP contribution in [0.1, 0.15) is 5.76 Å².